The molecule has 0 bridgehead atoms. The molecule has 0 saturated heterocycles. The molecule has 1 aliphatic carbocycles. The number of aryl methyl sites for hydroxylation is 2. The Bertz CT molecular complexity index is 521. The molecule has 1 saturated carbocycles. The van der Waals surface area contributed by atoms with Crippen molar-refractivity contribution in [3.8, 4) is 11.6 Å². The van der Waals surface area contributed by atoms with Gasteiger partial charge in [0.25, 0.3) is 0 Å². The van der Waals surface area contributed by atoms with Crippen molar-refractivity contribution in [3.05, 3.63) is 35.3 Å². The summed E-state index contributed by atoms with van der Waals surface area (Å²) in [5, 5.41) is 3.51. The Kier molecular flexibility index (Phi) is 2.88. The summed E-state index contributed by atoms with van der Waals surface area (Å²) < 4.78 is 5.34. The summed E-state index contributed by atoms with van der Waals surface area (Å²) in [4.78, 5) is 9.06. The van der Waals surface area contributed by atoms with Gasteiger partial charge in [0.05, 0.1) is 6.26 Å². The first kappa shape index (κ1) is 11.4. The van der Waals surface area contributed by atoms with Crippen LogP contribution < -0.4 is 5.32 Å². The summed E-state index contributed by atoms with van der Waals surface area (Å²) in [6, 6.07) is 4.44. The van der Waals surface area contributed by atoms with Crippen LogP contribution in [0.4, 0.5) is 0 Å². The van der Waals surface area contributed by atoms with Crippen molar-refractivity contribution in [2.24, 2.45) is 0 Å². The minimum absolute atomic E-state index is 0.671. The molecule has 0 unspecified atom stereocenters. The summed E-state index contributed by atoms with van der Waals surface area (Å²) in [5.74, 6) is 1.40. The van der Waals surface area contributed by atoms with E-state index in [1.54, 1.807) is 6.26 Å². The number of nitrogens with zero attached hydrogens (tertiary/aromatic N) is 2. The third-order valence-electron chi connectivity index (χ3n) is 3.31. The lowest BCUT2D eigenvalue weighted by Gasteiger charge is -2.10. The molecule has 2 heterocycles. The predicted molar refractivity (Wildman–Crippen MR) is 69.1 cm³/mol. The second kappa shape index (κ2) is 4.53. The quantitative estimate of drug-likeness (QED) is 0.896. The van der Waals surface area contributed by atoms with Crippen molar-refractivity contribution in [1.82, 2.24) is 15.3 Å². The Morgan fingerprint density at radius 3 is 2.56 bits per heavy atom. The van der Waals surface area contributed by atoms with Crippen LogP contribution in [-0.2, 0) is 6.54 Å². The van der Waals surface area contributed by atoms with E-state index in [1.165, 1.54) is 18.4 Å². The van der Waals surface area contributed by atoms with Crippen molar-refractivity contribution < 1.29 is 4.42 Å². The van der Waals surface area contributed by atoms with Crippen molar-refractivity contribution >= 4 is 0 Å². The average molecular weight is 243 g/mol. The van der Waals surface area contributed by atoms with Gasteiger partial charge in [-0.3, -0.25) is 0 Å². The summed E-state index contributed by atoms with van der Waals surface area (Å²) in [6.07, 6.45) is 4.23. The Morgan fingerprint density at radius 1 is 1.28 bits per heavy atom. The van der Waals surface area contributed by atoms with E-state index < -0.39 is 0 Å². The first-order valence-corrected chi connectivity index (χ1v) is 6.35. The van der Waals surface area contributed by atoms with Gasteiger partial charge < -0.3 is 9.73 Å². The van der Waals surface area contributed by atoms with E-state index in [4.69, 9.17) is 4.42 Å². The van der Waals surface area contributed by atoms with Crippen LogP contribution in [0.25, 0.3) is 11.6 Å². The summed E-state index contributed by atoms with van der Waals surface area (Å²) in [6.45, 7) is 4.93. The lowest BCUT2D eigenvalue weighted by atomic mass is 10.1. The Hall–Kier alpha value is -1.68. The van der Waals surface area contributed by atoms with Crippen LogP contribution in [0.5, 0.6) is 0 Å². The average Bonchev–Trinajstić information content (AvgIpc) is 3.00. The van der Waals surface area contributed by atoms with Gasteiger partial charge in [-0.05, 0) is 38.8 Å². The maximum absolute atomic E-state index is 5.34. The first-order chi connectivity index (χ1) is 8.74. The monoisotopic (exact) mass is 243 g/mol. The molecule has 4 nitrogen and oxygen atoms in total. The molecule has 0 aromatic carbocycles. The number of aromatic nitrogens is 2. The molecule has 0 radical (unpaired) electrons. The van der Waals surface area contributed by atoms with Gasteiger partial charge >= 0.3 is 0 Å². The highest BCUT2D eigenvalue weighted by Gasteiger charge is 2.21. The van der Waals surface area contributed by atoms with E-state index in [-0.39, 0.29) is 0 Å². The molecule has 18 heavy (non-hydrogen) atoms. The normalized spacial score (nSPS) is 15.0. The van der Waals surface area contributed by atoms with Crippen molar-refractivity contribution in [2.75, 3.05) is 0 Å². The van der Waals surface area contributed by atoms with Crippen LogP contribution in [0.1, 0.15) is 29.8 Å². The Balaban J connectivity index is 1.87. The van der Waals surface area contributed by atoms with Crippen LogP contribution in [0.15, 0.2) is 22.8 Å². The molecular weight excluding hydrogens is 226 g/mol. The zero-order valence-electron chi connectivity index (χ0n) is 10.7. The van der Waals surface area contributed by atoms with Crippen LogP contribution in [0, 0.1) is 13.8 Å². The minimum Gasteiger partial charge on any atom is -0.461 e. The Labute approximate surface area is 106 Å². The molecule has 2 aromatic heterocycles. The van der Waals surface area contributed by atoms with Crippen LogP contribution in [0.3, 0.4) is 0 Å². The molecule has 1 fully saturated rings. The number of hydrogen-bond donors (Lipinski definition) is 1. The van der Waals surface area contributed by atoms with Gasteiger partial charge in [0.15, 0.2) is 11.6 Å². The molecule has 4 heteroatoms. The van der Waals surface area contributed by atoms with Crippen molar-refractivity contribution in [1.29, 1.82) is 0 Å². The summed E-state index contributed by atoms with van der Waals surface area (Å²) in [7, 11) is 0. The van der Waals surface area contributed by atoms with Gasteiger partial charge in [-0.25, -0.2) is 9.97 Å². The highest BCUT2D eigenvalue weighted by molar-refractivity contribution is 5.47. The minimum atomic E-state index is 0.671. The van der Waals surface area contributed by atoms with Gasteiger partial charge in [0.2, 0.25) is 0 Å². The van der Waals surface area contributed by atoms with Gasteiger partial charge in [-0.15, -0.1) is 0 Å². The fourth-order valence-corrected chi connectivity index (χ4v) is 2.05. The highest BCUT2D eigenvalue weighted by atomic mass is 16.3. The molecule has 0 atom stereocenters. The first-order valence-electron chi connectivity index (χ1n) is 6.35. The lowest BCUT2D eigenvalue weighted by Crippen LogP contribution is -2.18. The van der Waals surface area contributed by atoms with Crippen LogP contribution >= 0.6 is 0 Å². The fraction of sp³-hybridized carbons (Fsp3) is 0.429. The zero-order chi connectivity index (χ0) is 12.5. The third kappa shape index (κ3) is 2.29. The molecule has 1 aliphatic rings. The molecule has 0 amide bonds. The van der Waals surface area contributed by atoms with Gasteiger partial charge in [0, 0.05) is 29.5 Å². The van der Waals surface area contributed by atoms with E-state index in [9.17, 15) is 0 Å². The lowest BCUT2D eigenvalue weighted by molar-refractivity contribution is 0.576. The topological polar surface area (TPSA) is 51.0 Å². The highest BCUT2D eigenvalue weighted by Crippen LogP contribution is 2.22. The SMILES string of the molecule is Cc1nc(-c2ccco2)nc(C)c1CNC1CC1. The summed E-state index contributed by atoms with van der Waals surface area (Å²) in [5.41, 5.74) is 3.27. The Morgan fingerprint density at radius 2 is 2.00 bits per heavy atom. The number of rotatable bonds is 4. The molecule has 1 N–H and O–H groups in total. The van der Waals surface area contributed by atoms with Gasteiger partial charge in [-0.2, -0.15) is 0 Å². The second-order valence-corrected chi connectivity index (χ2v) is 4.83. The van der Waals surface area contributed by atoms with Gasteiger partial charge in [0.1, 0.15) is 0 Å². The van der Waals surface area contributed by atoms with E-state index >= 15 is 0 Å². The molecule has 3 rings (SSSR count). The predicted octanol–water partition coefficient (Wildman–Crippen LogP) is 2.61. The van der Waals surface area contributed by atoms with E-state index in [1.807, 2.05) is 26.0 Å². The fourth-order valence-electron chi connectivity index (χ4n) is 2.05. The maximum Gasteiger partial charge on any atom is 0.196 e. The van der Waals surface area contributed by atoms with Crippen LogP contribution in [0.2, 0.25) is 0 Å². The molecule has 2 aromatic rings. The maximum atomic E-state index is 5.34. The standard InChI is InChI=1S/C14H17N3O/c1-9-12(8-15-11-5-6-11)10(2)17-14(16-9)13-4-3-7-18-13/h3-4,7,11,15H,5-6,8H2,1-2H3. The molecular formula is C14H17N3O. The molecule has 0 aliphatic heterocycles. The molecule has 0 spiro atoms. The second-order valence-electron chi connectivity index (χ2n) is 4.83. The van der Waals surface area contributed by atoms with E-state index in [2.05, 4.69) is 15.3 Å². The van der Waals surface area contributed by atoms with Gasteiger partial charge in [-0.1, -0.05) is 0 Å². The number of nitrogens with one attached hydrogen (secondary N) is 1. The largest absolute Gasteiger partial charge is 0.461 e. The number of hydrogen-bond acceptors (Lipinski definition) is 4. The van der Waals surface area contributed by atoms with Crippen molar-refractivity contribution in [2.45, 2.75) is 39.3 Å². The smallest absolute Gasteiger partial charge is 0.196 e. The zero-order valence-corrected chi connectivity index (χ0v) is 10.7. The third-order valence-corrected chi connectivity index (χ3v) is 3.31. The van der Waals surface area contributed by atoms with Crippen molar-refractivity contribution in [3.63, 3.8) is 0 Å². The van der Waals surface area contributed by atoms with Crippen LogP contribution in [-0.4, -0.2) is 16.0 Å². The molecule has 94 valence electrons. The van der Waals surface area contributed by atoms with E-state index in [0.29, 0.717) is 11.9 Å². The summed E-state index contributed by atoms with van der Waals surface area (Å²) >= 11 is 0. The number of furan rings is 1. The van der Waals surface area contributed by atoms with E-state index in [0.717, 1.165) is 23.7 Å².